The molecule has 1 atom stereocenters. The lowest BCUT2D eigenvalue weighted by Crippen LogP contribution is -2.25. The van der Waals surface area contributed by atoms with E-state index in [4.69, 9.17) is 0 Å². The number of anilines is 1. The van der Waals surface area contributed by atoms with Crippen molar-refractivity contribution in [2.75, 3.05) is 25.5 Å². The van der Waals surface area contributed by atoms with Gasteiger partial charge in [-0.1, -0.05) is 30.3 Å². The highest BCUT2D eigenvalue weighted by atomic mass is 19.1. The third-order valence-electron chi connectivity index (χ3n) is 3.82. The van der Waals surface area contributed by atoms with Crippen molar-refractivity contribution in [1.29, 1.82) is 0 Å². The third-order valence-corrected chi connectivity index (χ3v) is 3.82. The number of rotatable bonds is 6. The summed E-state index contributed by atoms with van der Waals surface area (Å²) in [5, 5.41) is 3.21. The summed E-state index contributed by atoms with van der Waals surface area (Å²) in [6, 6.07) is 15.4. The molecule has 2 aromatic carbocycles. The smallest absolute Gasteiger partial charge is 0.127 e. The molecule has 0 saturated heterocycles. The quantitative estimate of drug-likeness (QED) is 0.866. The Kier molecular flexibility index (Phi) is 5.34. The predicted octanol–water partition coefficient (Wildman–Crippen LogP) is 3.92. The molecule has 1 unspecified atom stereocenters. The molecule has 1 N–H and O–H groups in total. The summed E-state index contributed by atoms with van der Waals surface area (Å²) in [7, 11) is 3.95. The molecule has 0 fully saturated rings. The Labute approximate surface area is 126 Å². The molecule has 0 heterocycles. The van der Waals surface area contributed by atoms with E-state index in [9.17, 15) is 4.39 Å². The Balaban J connectivity index is 2.02. The van der Waals surface area contributed by atoms with Crippen molar-refractivity contribution in [3.8, 4) is 0 Å². The van der Waals surface area contributed by atoms with Crippen LogP contribution in [0.1, 0.15) is 23.6 Å². The van der Waals surface area contributed by atoms with Crippen molar-refractivity contribution in [2.45, 2.75) is 19.4 Å². The molecule has 0 aliphatic carbocycles. The lowest BCUT2D eigenvalue weighted by atomic mass is 10.0. The van der Waals surface area contributed by atoms with Gasteiger partial charge in [-0.05, 0) is 44.2 Å². The molecule has 0 aliphatic heterocycles. The van der Waals surface area contributed by atoms with Gasteiger partial charge in [0.15, 0.2) is 0 Å². The minimum absolute atomic E-state index is 0.0264. The second-order valence-corrected chi connectivity index (χ2v) is 5.41. The second-order valence-electron chi connectivity index (χ2n) is 5.41. The van der Waals surface area contributed by atoms with Crippen LogP contribution in [0.5, 0.6) is 0 Å². The summed E-state index contributed by atoms with van der Waals surface area (Å²) >= 11 is 0. The van der Waals surface area contributed by atoms with E-state index < -0.39 is 0 Å². The van der Waals surface area contributed by atoms with Crippen LogP contribution in [0.3, 0.4) is 0 Å². The third kappa shape index (κ3) is 4.05. The highest BCUT2D eigenvalue weighted by molar-refractivity contribution is 5.47. The molecular formula is C18H23FN2. The monoisotopic (exact) mass is 286 g/mol. The van der Waals surface area contributed by atoms with Crippen molar-refractivity contribution in [3.63, 3.8) is 0 Å². The van der Waals surface area contributed by atoms with Gasteiger partial charge in [0.1, 0.15) is 5.82 Å². The van der Waals surface area contributed by atoms with Crippen LogP contribution in [0.25, 0.3) is 0 Å². The first-order valence-corrected chi connectivity index (χ1v) is 7.31. The minimum atomic E-state index is -0.143. The van der Waals surface area contributed by atoms with E-state index in [1.807, 2.05) is 19.2 Å². The summed E-state index contributed by atoms with van der Waals surface area (Å²) in [6.45, 7) is 2.95. The van der Waals surface area contributed by atoms with Crippen molar-refractivity contribution in [2.24, 2.45) is 0 Å². The Bertz CT molecular complexity index is 583. The average Bonchev–Trinajstić information content (AvgIpc) is 2.49. The highest BCUT2D eigenvalue weighted by Crippen LogP contribution is 2.21. The molecule has 2 rings (SSSR count). The van der Waals surface area contributed by atoms with Gasteiger partial charge in [0.05, 0.1) is 0 Å². The highest BCUT2D eigenvalue weighted by Gasteiger charge is 2.14. The largest absolute Gasteiger partial charge is 0.375 e. The summed E-state index contributed by atoms with van der Waals surface area (Å²) in [4.78, 5) is 2.21. The van der Waals surface area contributed by atoms with Crippen molar-refractivity contribution >= 4 is 5.69 Å². The SMILES string of the molecule is CNC(CCN(C)c1cccc(C)c1)c1ccccc1F. The lowest BCUT2D eigenvalue weighted by Gasteiger charge is -2.24. The zero-order valence-electron chi connectivity index (χ0n) is 12.9. The molecule has 3 heteroatoms. The van der Waals surface area contributed by atoms with Crippen LogP contribution in [-0.2, 0) is 0 Å². The minimum Gasteiger partial charge on any atom is -0.375 e. The van der Waals surface area contributed by atoms with Gasteiger partial charge >= 0.3 is 0 Å². The Hall–Kier alpha value is -1.87. The Morgan fingerprint density at radius 2 is 1.90 bits per heavy atom. The normalized spacial score (nSPS) is 12.2. The molecule has 0 saturated carbocycles. The first-order chi connectivity index (χ1) is 10.1. The first kappa shape index (κ1) is 15.5. The molecule has 2 aromatic rings. The Morgan fingerprint density at radius 3 is 2.57 bits per heavy atom. The maximum Gasteiger partial charge on any atom is 0.127 e. The van der Waals surface area contributed by atoms with E-state index in [2.05, 4.69) is 48.5 Å². The van der Waals surface area contributed by atoms with Crippen LogP contribution in [0, 0.1) is 12.7 Å². The summed E-state index contributed by atoms with van der Waals surface area (Å²) in [6.07, 6.45) is 0.849. The summed E-state index contributed by atoms with van der Waals surface area (Å²) < 4.78 is 13.9. The molecule has 0 bridgehead atoms. The Morgan fingerprint density at radius 1 is 1.14 bits per heavy atom. The van der Waals surface area contributed by atoms with Crippen LogP contribution in [0.15, 0.2) is 48.5 Å². The van der Waals surface area contributed by atoms with Gasteiger partial charge in [0, 0.05) is 30.9 Å². The van der Waals surface area contributed by atoms with Gasteiger partial charge in [0.25, 0.3) is 0 Å². The molecule has 2 nitrogen and oxygen atoms in total. The van der Waals surface area contributed by atoms with E-state index in [-0.39, 0.29) is 11.9 Å². The van der Waals surface area contributed by atoms with Gasteiger partial charge in [-0.3, -0.25) is 0 Å². The van der Waals surface area contributed by atoms with Crippen molar-refractivity contribution in [3.05, 3.63) is 65.5 Å². The van der Waals surface area contributed by atoms with Crippen LogP contribution in [0.2, 0.25) is 0 Å². The fraction of sp³-hybridized carbons (Fsp3) is 0.333. The summed E-state index contributed by atoms with van der Waals surface area (Å²) in [5.74, 6) is -0.143. The van der Waals surface area contributed by atoms with Gasteiger partial charge in [-0.2, -0.15) is 0 Å². The van der Waals surface area contributed by atoms with Gasteiger partial charge < -0.3 is 10.2 Å². The summed E-state index contributed by atoms with van der Waals surface area (Å²) in [5.41, 5.74) is 3.18. The second kappa shape index (κ2) is 7.23. The number of hydrogen-bond acceptors (Lipinski definition) is 2. The molecule has 0 aliphatic rings. The number of hydrogen-bond donors (Lipinski definition) is 1. The topological polar surface area (TPSA) is 15.3 Å². The number of aryl methyl sites for hydroxylation is 1. The fourth-order valence-electron chi connectivity index (χ4n) is 2.53. The number of halogens is 1. The van der Waals surface area contributed by atoms with Crippen LogP contribution < -0.4 is 10.2 Å². The maximum atomic E-state index is 13.9. The molecule has 112 valence electrons. The van der Waals surface area contributed by atoms with Crippen molar-refractivity contribution < 1.29 is 4.39 Å². The molecule has 21 heavy (non-hydrogen) atoms. The van der Waals surface area contributed by atoms with E-state index in [1.165, 1.54) is 17.3 Å². The van der Waals surface area contributed by atoms with Gasteiger partial charge in [-0.15, -0.1) is 0 Å². The molecular weight excluding hydrogens is 263 g/mol. The molecule has 0 aromatic heterocycles. The average molecular weight is 286 g/mol. The zero-order valence-corrected chi connectivity index (χ0v) is 12.9. The molecule has 0 spiro atoms. The number of nitrogens with zero attached hydrogens (tertiary/aromatic N) is 1. The standard InChI is InChI=1S/C18H23FN2/c1-14-7-6-8-15(13-14)21(3)12-11-18(20-2)16-9-4-5-10-17(16)19/h4-10,13,18,20H,11-12H2,1-3H3. The van der Waals surface area contributed by atoms with Crippen LogP contribution >= 0.6 is 0 Å². The van der Waals surface area contributed by atoms with E-state index in [0.717, 1.165) is 18.5 Å². The van der Waals surface area contributed by atoms with Crippen LogP contribution in [0.4, 0.5) is 10.1 Å². The van der Waals surface area contributed by atoms with Gasteiger partial charge in [-0.25, -0.2) is 4.39 Å². The fourth-order valence-corrected chi connectivity index (χ4v) is 2.53. The van der Waals surface area contributed by atoms with Crippen molar-refractivity contribution in [1.82, 2.24) is 5.32 Å². The lowest BCUT2D eigenvalue weighted by molar-refractivity contribution is 0.510. The molecule has 0 amide bonds. The molecule has 0 radical (unpaired) electrons. The predicted molar refractivity (Wildman–Crippen MR) is 87.3 cm³/mol. The first-order valence-electron chi connectivity index (χ1n) is 7.31. The zero-order chi connectivity index (χ0) is 15.2. The van der Waals surface area contributed by atoms with Crippen LogP contribution in [-0.4, -0.2) is 20.6 Å². The number of benzene rings is 2. The number of nitrogens with one attached hydrogen (secondary N) is 1. The van der Waals surface area contributed by atoms with E-state index >= 15 is 0 Å². The van der Waals surface area contributed by atoms with E-state index in [0.29, 0.717) is 0 Å². The maximum absolute atomic E-state index is 13.9. The van der Waals surface area contributed by atoms with Gasteiger partial charge in [0.2, 0.25) is 0 Å². The van der Waals surface area contributed by atoms with E-state index in [1.54, 1.807) is 6.07 Å².